The van der Waals surface area contributed by atoms with Gasteiger partial charge in [-0.05, 0) is 27.7 Å². The highest BCUT2D eigenvalue weighted by Gasteiger charge is 2.46. The standard InChI is InChI=1S/C14H23NO3/c1-6-7-8-12(16)18-11-9-13(2,3)15(17)14(4,5)10-11/h1,11,17H,7-10H2,2-5H3. The van der Waals surface area contributed by atoms with E-state index in [4.69, 9.17) is 11.2 Å². The Morgan fingerprint density at radius 3 is 2.33 bits per heavy atom. The Morgan fingerprint density at radius 1 is 1.39 bits per heavy atom. The number of ether oxygens (including phenoxy) is 1. The third-order valence-electron chi connectivity index (χ3n) is 3.37. The van der Waals surface area contributed by atoms with E-state index in [1.165, 1.54) is 5.06 Å². The van der Waals surface area contributed by atoms with Crippen LogP contribution in [-0.4, -0.2) is 33.4 Å². The van der Waals surface area contributed by atoms with E-state index in [-0.39, 0.29) is 18.5 Å². The predicted octanol–water partition coefficient (Wildman–Crippen LogP) is 2.35. The summed E-state index contributed by atoms with van der Waals surface area (Å²) < 4.78 is 5.44. The summed E-state index contributed by atoms with van der Waals surface area (Å²) in [6.07, 6.45) is 6.86. The molecule has 4 heteroatoms. The highest BCUT2D eigenvalue weighted by molar-refractivity contribution is 5.69. The molecule has 1 aliphatic rings. The van der Waals surface area contributed by atoms with Gasteiger partial charge in [-0.2, -0.15) is 5.06 Å². The van der Waals surface area contributed by atoms with Crippen molar-refractivity contribution >= 4 is 5.97 Å². The van der Waals surface area contributed by atoms with Gasteiger partial charge < -0.3 is 9.94 Å². The second-order valence-electron chi connectivity index (χ2n) is 6.16. The molecular weight excluding hydrogens is 230 g/mol. The van der Waals surface area contributed by atoms with Crippen LogP contribution < -0.4 is 0 Å². The molecular formula is C14H23NO3. The van der Waals surface area contributed by atoms with Gasteiger partial charge in [0.05, 0.1) is 6.42 Å². The third-order valence-corrected chi connectivity index (χ3v) is 3.37. The van der Waals surface area contributed by atoms with Crippen molar-refractivity contribution in [1.82, 2.24) is 5.06 Å². The molecule has 102 valence electrons. The second-order valence-corrected chi connectivity index (χ2v) is 6.16. The highest BCUT2D eigenvalue weighted by atomic mass is 16.5. The van der Waals surface area contributed by atoms with E-state index in [0.29, 0.717) is 19.3 Å². The smallest absolute Gasteiger partial charge is 0.307 e. The molecule has 0 aromatic carbocycles. The zero-order valence-corrected chi connectivity index (χ0v) is 11.7. The summed E-state index contributed by atoms with van der Waals surface area (Å²) in [5, 5.41) is 11.5. The number of terminal acetylenes is 1. The quantitative estimate of drug-likeness (QED) is 0.619. The lowest BCUT2D eigenvalue weighted by molar-refractivity contribution is -0.259. The Kier molecular flexibility index (Phi) is 4.41. The minimum atomic E-state index is -0.404. The van der Waals surface area contributed by atoms with Gasteiger partial charge in [0.15, 0.2) is 0 Å². The van der Waals surface area contributed by atoms with Crippen molar-refractivity contribution in [3.63, 3.8) is 0 Å². The van der Waals surface area contributed by atoms with Crippen LogP contribution in [0.15, 0.2) is 0 Å². The third kappa shape index (κ3) is 3.47. The Balaban J connectivity index is 2.64. The predicted molar refractivity (Wildman–Crippen MR) is 69.0 cm³/mol. The first-order valence-corrected chi connectivity index (χ1v) is 6.31. The molecule has 0 amide bonds. The molecule has 4 nitrogen and oxygen atoms in total. The highest BCUT2D eigenvalue weighted by Crippen LogP contribution is 2.37. The van der Waals surface area contributed by atoms with Crippen LogP contribution in [0.1, 0.15) is 53.4 Å². The maximum absolute atomic E-state index is 11.6. The summed E-state index contributed by atoms with van der Waals surface area (Å²) in [7, 11) is 0. The van der Waals surface area contributed by atoms with Crippen LogP contribution in [0.5, 0.6) is 0 Å². The van der Waals surface area contributed by atoms with Crippen molar-refractivity contribution in [2.24, 2.45) is 0 Å². The molecule has 0 aliphatic carbocycles. The van der Waals surface area contributed by atoms with Crippen LogP contribution in [0.25, 0.3) is 0 Å². The minimum Gasteiger partial charge on any atom is -0.462 e. The van der Waals surface area contributed by atoms with Crippen LogP contribution in [0, 0.1) is 12.3 Å². The SMILES string of the molecule is C#CCCC(=O)OC1CC(C)(C)N(O)C(C)(C)C1. The fourth-order valence-corrected chi connectivity index (χ4v) is 2.68. The van der Waals surface area contributed by atoms with Crippen LogP contribution in [0.3, 0.4) is 0 Å². The van der Waals surface area contributed by atoms with Gasteiger partial charge in [-0.3, -0.25) is 4.79 Å². The fraction of sp³-hybridized carbons (Fsp3) is 0.786. The number of hydrogen-bond acceptors (Lipinski definition) is 4. The maximum atomic E-state index is 11.6. The molecule has 1 fully saturated rings. The molecule has 0 aromatic heterocycles. The van der Waals surface area contributed by atoms with E-state index >= 15 is 0 Å². The summed E-state index contributed by atoms with van der Waals surface area (Å²) in [6, 6.07) is 0. The van der Waals surface area contributed by atoms with E-state index in [2.05, 4.69) is 5.92 Å². The molecule has 0 spiro atoms. The van der Waals surface area contributed by atoms with Gasteiger partial charge >= 0.3 is 5.97 Å². The molecule has 18 heavy (non-hydrogen) atoms. The van der Waals surface area contributed by atoms with Crippen molar-refractivity contribution in [1.29, 1.82) is 0 Å². The van der Waals surface area contributed by atoms with Crippen LogP contribution in [0.4, 0.5) is 0 Å². The van der Waals surface area contributed by atoms with Gasteiger partial charge in [-0.1, -0.05) is 0 Å². The van der Waals surface area contributed by atoms with Crippen molar-refractivity contribution in [3.05, 3.63) is 0 Å². The molecule has 0 unspecified atom stereocenters. The fourth-order valence-electron chi connectivity index (χ4n) is 2.68. The first-order valence-electron chi connectivity index (χ1n) is 6.31. The van der Waals surface area contributed by atoms with Crippen molar-refractivity contribution in [2.75, 3.05) is 0 Å². The number of hydroxylamine groups is 2. The molecule has 0 bridgehead atoms. The first-order chi connectivity index (χ1) is 8.19. The van der Waals surface area contributed by atoms with Gasteiger partial charge in [-0.15, -0.1) is 12.3 Å². The average molecular weight is 253 g/mol. The first kappa shape index (κ1) is 15.0. The number of piperidine rings is 1. The van der Waals surface area contributed by atoms with Crippen molar-refractivity contribution in [2.45, 2.75) is 70.6 Å². The molecule has 1 saturated heterocycles. The molecule has 0 aromatic rings. The minimum absolute atomic E-state index is 0.163. The maximum Gasteiger partial charge on any atom is 0.307 e. The second kappa shape index (κ2) is 5.29. The average Bonchev–Trinajstić information content (AvgIpc) is 2.22. The molecule has 1 N–H and O–H groups in total. The number of hydrogen-bond donors (Lipinski definition) is 1. The van der Waals surface area contributed by atoms with E-state index in [0.717, 1.165) is 0 Å². The van der Waals surface area contributed by atoms with Gasteiger partial charge in [0.1, 0.15) is 6.10 Å². The summed E-state index contributed by atoms with van der Waals surface area (Å²) in [5.41, 5.74) is -0.808. The molecule has 1 rings (SSSR count). The van der Waals surface area contributed by atoms with Crippen LogP contribution >= 0.6 is 0 Å². The van der Waals surface area contributed by atoms with Gasteiger partial charge in [0.2, 0.25) is 0 Å². The zero-order chi connectivity index (χ0) is 14.0. The Bertz CT molecular complexity index is 337. The van der Waals surface area contributed by atoms with E-state index in [1.54, 1.807) is 0 Å². The largest absolute Gasteiger partial charge is 0.462 e. The number of nitrogens with zero attached hydrogens (tertiary/aromatic N) is 1. The Labute approximate surface area is 109 Å². The normalized spacial score (nSPS) is 23.3. The number of carbonyl (C=O) groups excluding carboxylic acids is 1. The molecule has 0 atom stereocenters. The molecule has 0 saturated carbocycles. The summed E-state index contributed by atoms with van der Waals surface area (Å²) in [6.45, 7) is 7.76. The Morgan fingerprint density at radius 2 is 1.89 bits per heavy atom. The van der Waals surface area contributed by atoms with Crippen molar-refractivity contribution < 1.29 is 14.7 Å². The van der Waals surface area contributed by atoms with Crippen molar-refractivity contribution in [3.8, 4) is 12.3 Å². The van der Waals surface area contributed by atoms with E-state index in [9.17, 15) is 10.0 Å². The number of rotatable bonds is 3. The number of carbonyl (C=O) groups is 1. The summed E-state index contributed by atoms with van der Waals surface area (Å²) in [4.78, 5) is 11.6. The topological polar surface area (TPSA) is 49.8 Å². The monoisotopic (exact) mass is 253 g/mol. The van der Waals surface area contributed by atoms with E-state index < -0.39 is 11.1 Å². The Hall–Kier alpha value is -1.05. The van der Waals surface area contributed by atoms with E-state index in [1.807, 2.05) is 27.7 Å². The van der Waals surface area contributed by atoms with Gasteiger partial charge in [0.25, 0.3) is 0 Å². The van der Waals surface area contributed by atoms with Crippen LogP contribution in [0.2, 0.25) is 0 Å². The van der Waals surface area contributed by atoms with Crippen LogP contribution in [-0.2, 0) is 9.53 Å². The lowest BCUT2D eigenvalue weighted by Crippen LogP contribution is -2.60. The molecule has 1 aliphatic heterocycles. The lowest BCUT2D eigenvalue weighted by Gasteiger charge is -2.50. The summed E-state index contributed by atoms with van der Waals surface area (Å²) in [5.74, 6) is 2.17. The lowest BCUT2D eigenvalue weighted by atomic mass is 9.80. The zero-order valence-electron chi connectivity index (χ0n) is 11.7. The number of esters is 1. The molecule has 1 heterocycles. The van der Waals surface area contributed by atoms with Gasteiger partial charge in [0, 0.05) is 30.3 Å². The summed E-state index contributed by atoms with van der Waals surface area (Å²) >= 11 is 0. The molecule has 0 radical (unpaired) electrons. The van der Waals surface area contributed by atoms with Gasteiger partial charge in [-0.25, -0.2) is 0 Å².